The number of nitrogens with one attached hydrogen (secondary N) is 1. The summed E-state index contributed by atoms with van der Waals surface area (Å²) < 4.78 is 11.3. The van der Waals surface area contributed by atoms with E-state index in [1.807, 2.05) is 43.3 Å². The maximum atomic E-state index is 13.6. The summed E-state index contributed by atoms with van der Waals surface area (Å²) in [5.41, 5.74) is 1.99. The summed E-state index contributed by atoms with van der Waals surface area (Å²) in [4.78, 5) is 27.7. The molecule has 1 aliphatic heterocycles. The maximum Gasteiger partial charge on any atom is 0.408 e. The van der Waals surface area contributed by atoms with Crippen LogP contribution in [0.1, 0.15) is 57.7 Å². The molecule has 2 amide bonds. The zero-order valence-corrected chi connectivity index (χ0v) is 20.3. The topological polar surface area (TPSA) is 67.9 Å². The number of amides is 2. The Morgan fingerprint density at radius 1 is 1.21 bits per heavy atom. The summed E-state index contributed by atoms with van der Waals surface area (Å²) >= 11 is 6.29. The molecule has 7 heteroatoms. The number of nitrogens with zero attached hydrogens (tertiary/aromatic N) is 1. The van der Waals surface area contributed by atoms with Crippen LogP contribution >= 0.6 is 11.6 Å². The van der Waals surface area contributed by atoms with Gasteiger partial charge in [0.25, 0.3) is 5.91 Å². The molecule has 2 aromatic rings. The number of hydrogen-bond donors (Lipinski definition) is 1. The lowest BCUT2D eigenvalue weighted by Crippen LogP contribution is -2.54. The summed E-state index contributed by atoms with van der Waals surface area (Å²) in [6.45, 7) is 8.07. The van der Waals surface area contributed by atoms with Gasteiger partial charge in [-0.25, -0.2) is 4.79 Å². The van der Waals surface area contributed by atoms with Gasteiger partial charge in [-0.2, -0.15) is 0 Å². The molecule has 1 N–H and O–H groups in total. The molecule has 0 bridgehead atoms. The fraction of sp³-hybridized carbons (Fsp3) is 0.462. The molecule has 0 aromatic heterocycles. The summed E-state index contributed by atoms with van der Waals surface area (Å²) in [5, 5.41) is 3.31. The van der Waals surface area contributed by atoms with Crippen molar-refractivity contribution < 1.29 is 19.1 Å². The average Bonchev–Trinajstić information content (AvgIpc) is 3.56. The van der Waals surface area contributed by atoms with Crippen LogP contribution in [0.5, 0.6) is 5.75 Å². The van der Waals surface area contributed by atoms with E-state index in [1.165, 1.54) is 12.8 Å². The number of rotatable bonds is 6. The predicted octanol–water partition coefficient (Wildman–Crippen LogP) is 5.67. The van der Waals surface area contributed by atoms with E-state index in [0.717, 1.165) is 29.2 Å². The Balaban J connectivity index is 1.60. The Bertz CT molecular complexity index is 1040. The molecular formula is C26H31ClN2O4. The minimum atomic E-state index is -0.731. The van der Waals surface area contributed by atoms with Crippen LogP contribution in [-0.4, -0.2) is 30.3 Å². The second-order valence-electron chi connectivity index (χ2n) is 9.89. The third-order valence-corrected chi connectivity index (χ3v) is 6.10. The minimum Gasteiger partial charge on any atom is -0.493 e. The monoisotopic (exact) mass is 470 g/mol. The van der Waals surface area contributed by atoms with Crippen LogP contribution in [0.25, 0.3) is 0 Å². The molecule has 1 aliphatic carbocycles. The van der Waals surface area contributed by atoms with Gasteiger partial charge in [0.15, 0.2) is 0 Å². The van der Waals surface area contributed by atoms with E-state index < -0.39 is 17.7 Å². The number of benzene rings is 2. The van der Waals surface area contributed by atoms with Gasteiger partial charge in [-0.15, -0.1) is 0 Å². The molecule has 2 aromatic carbocycles. The van der Waals surface area contributed by atoms with Crippen molar-refractivity contribution in [1.82, 2.24) is 5.32 Å². The van der Waals surface area contributed by atoms with Crippen molar-refractivity contribution in [3.05, 3.63) is 58.6 Å². The van der Waals surface area contributed by atoms with Gasteiger partial charge in [0.05, 0.1) is 12.6 Å². The first-order chi connectivity index (χ1) is 15.6. The van der Waals surface area contributed by atoms with Crippen LogP contribution in [0, 0.1) is 5.92 Å². The molecule has 176 valence electrons. The van der Waals surface area contributed by atoms with E-state index >= 15 is 0 Å². The molecule has 1 saturated carbocycles. The third kappa shape index (κ3) is 5.80. The molecular weight excluding hydrogens is 440 g/mol. The number of carbonyl (C=O) groups excluding carboxylic acids is 2. The molecule has 0 unspecified atom stereocenters. The standard InChI is InChI=1S/C26H31ClN2O4/c1-16(18-6-5-7-21(12-18)32-15-17-8-9-17)29-23-14-20(27)11-10-19(23)13-22(24(29)30)28-25(31)33-26(2,3)4/h5-7,10-12,14,16-17,22H,8-9,13,15H2,1-4H3,(H,28,31)/t16-,22+/m0/s1. The van der Waals surface area contributed by atoms with Gasteiger partial charge in [0.1, 0.15) is 17.4 Å². The lowest BCUT2D eigenvalue weighted by molar-refractivity contribution is -0.121. The first kappa shape index (κ1) is 23.4. The number of halogens is 1. The molecule has 0 radical (unpaired) electrons. The summed E-state index contributed by atoms with van der Waals surface area (Å²) in [5.74, 6) is 1.25. The normalized spacial score (nSPS) is 19.0. The second-order valence-corrected chi connectivity index (χ2v) is 10.3. The Kier molecular flexibility index (Phi) is 6.57. The minimum absolute atomic E-state index is 0.201. The Hall–Kier alpha value is -2.73. The highest BCUT2D eigenvalue weighted by Gasteiger charge is 2.37. The van der Waals surface area contributed by atoms with E-state index in [2.05, 4.69) is 5.32 Å². The van der Waals surface area contributed by atoms with Crippen LogP contribution in [-0.2, 0) is 16.0 Å². The number of hydrogen-bond acceptors (Lipinski definition) is 4. The molecule has 4 rings (SSSR count). The summed E-state index contributed by atoms with van der Waals surface area (Å²) in [6, 6.07) is 12.3. The molecule has 1 fully saturated rings. The van der Waals surface area contributed by atoms with Crippen molar-refractivity contribution in [2.45, 2.75) is 64.6 Å². The molecule has 2 atom stereocenters. The number of anilines is 1. The van der Waals surface area contributed by atoms with E-state index in [0.29, 0.717) is 17.4 Å². The first-order valence-electron chi connectivity index (χ1n) is 11.4. The van der Waals surface area contributed by atoms with Crippen LogP contribution < -0.4 is 15.0 Å². The van der Waals surface area contributed by atoms with Gasteiger partial charge in [0.2, 0.25) is 0 Å². The summed E-state index contributed by atoms with van der Waals surface area (Å²) in [7, 11) is 0. The highest BCUT2D eigenvalue weighted by Crippen LogP contribution is 2.37. The number of alkyl carbamates (subject to hydrolysis) is 1. The van der Waals surface area contributed by atoms with E-state index in [1.54, 1.807) is 31.7 Å². The Morgan fingerprint density at radius 2 is 1.97 bits per heavy atom. The van der Waals surface area contributed by atoms with Gasteiger partial charge >= 0.3 is 6.09 Å². The Morgan fingerprint density at radius 3 is 2.67 bits per heavy atom. The molecule has 0 spiro atoms. The molecule has 6 nitrogen and oxygen atoms in total. The van der Waals surface area contributed by atoms with Gasteiger partial charge in [-0.1, -0.05) is 29.8 Å². The van der Waals surface area contributed by atoms with Crippen molar-refractivity contribution in [2.24, 2.45) is 5.92 Å². The van der Waals surface area contributed by atoms with Crippen molar-refractivity contribution >= 4 is 29.3 Å². The zero-order valence-electron chi connectivity index (χ0n) is 19.6. The fourth-order valence-corrected chi connectivity index (χ4v) is 4.17. The third-order valence-electron chi connectivity index (χ3n) is 5.87. The van der Waals surface area contributed by atoms with Crippen molar-refractivity contribution in [3.8, 4) is 5.75 Å². The number of ether oxygens (including phenoxy) is 2. The van der Waals surface area contributed by atoms with Gasteiger partial charge in [0, 0.05) is 17.1 Å². The van der Waals surface area contributed by atoms with E-state index in [4.69, 9.17) is 21.1 Å². The highest BCUT2D eigenvalue weighted by molar-refractivity contribution is 6.31. The lowest BCUT2D eigenvalue weighted by atomic mass is 9.94. The predicted molar refractivity (Wildman–Crippen MR) is 129 cm³/mol. The number of carbonyl (C=O) groups is 2. The van der Waals surface area contributed by atoms with E-state index in [-0.39, 0.29) is 11.9 Å². The maximum absolute atomic E-state index is 13.6. The van der Waals surface area contributed by atoms with Crippen LogP contribution in [0.2, 0.25) is 5.02 Å². The Labute approximate surface area is 200 Å². The van der Waals surface area contributed by atoms with Crippen molar-refractivity contribution in [3.63, 3.8) is 0 Å². The quantitative estimate of drug-likeness (QED) is 0.590. The average molecular weight is 471 g/mol. The molecule has 0 saturated heterocycles. The SMILES string of the molecule is C[C@@H](c1cccc(OCC2CC2)c1)N1C(=O)[C@H](NC(=O)OC(C)(C)C)Cc2ccc(Cl)cc21. The smallest absolute Gasteiger partial charge is 0.408 e. The summed E-state index contributed by atoms with van der Waals surface area (Å²) in [6.07, 6.45) is 2.21. The van der Waals surface area contributed by atoms with Crippen molar-refractivity contribution in [2.75, 3.05) is 11.5 Å². The lowest BCUT2D eigenvalue weighted by Gasteiger charge is -2.38. The molecule has 2 aliphatic rings. The van der Waals surface area contributed by atoms with Crippen LogP contribution in [0.3, 0.4) is 0 Å². The van der Waals surface area contributed by atoms with Gasteiger partial charge in [-0.05, 0) is 81.8 Å². The van der Waals surface area contributed by atoms with Gasteiger partial charge in [-0.3, -0.25) is 4.79 Å². The van der Waals surface area contributed by atoms with E-state index in [9.17, 15) is 9.59 Å². The van der Waals surface area contributed by atoms with Crippen LogP contribution in [0.15, 0.2) is 42.5 Å². The van der Waals surface area contributed by atoms with Crippen LogP contribution in [0.4, 0.5) is 10.5 Å². The molecule has 1 heterocycles. The zero-order chi connectivity index (χ0) is 23.8. The largest absolute Gasteiger partial charge is 0.493 e. The fourth-order valence-electron chi connectivity index (χ4n) is 4.00. The van der Waals surface area contributed by atoms with Crippen molar-refractivity contribution in [1.29, 1.82) is 0 Å². The second kappa shape index (κ2) is 9.26. The van der Waals surface area contributed by atoms with Gasteiger partial charge < -0.3 is 19.7 Å². The number of fused-ring (bicyclic) bond motifs is 1. The highest BCUT2D eigenvalue weighted by atomic mass is 35.5. The molecule has 33 heavy (non-hydrogen) atoms. The first-order valence-corrected chi connectivity index (χ1v) is 11.8.